The Balaban J connectivity index is 1.60. The number of aromatic nitrogens is 3. The van der Waals surface area contributed by atoms with Crippen LogP contribution in [0.4, 0.5) is 10.6 Å². The molecular formula is C22H25N5O2. The van der Waals surface area contributed by atoms with Gasteiger partial charge in [-0.05, 0) is 45.0 Å². The van der Waals surface area contributed by atoms with Gasteiger partial charge in [0.1, 0.15) is 11.4 Å². The molecule has 7 heteroatoms. The molecule has 29 heavy (non-hydrogen) atoms. The van der Waals surface area contributed by atoms with Crippen molar-refractivity contribution in [3.05, 3.63) is 49.1 Å². The van der Waals surface area contributed by atoms with Crippen LogP contribution in [0.1, 0.15) is 20.8 Å². The second-order valence-corrected chi connectivity index (χ2v) is 8.12. The molecule has 0 N–H and O–H groups in total. The first-order chi connectivity index (χ1) is 13.9. The Hall–Kier alpha value is -3.22. The molecule has 4 heterocycles. The van der Waals surface area contributed by atoms with E-state index in [4.69, 9.17) is 9.72 Å². The summed E-state index contributed by atoms with van der Waals surface area (Å²) in [5, 5.41) is 2.10. The summed E-state index contributed by atoms with van der Waals surface area (Å²) in [5.41, 5.74) is 1.41. The Morgan fingerprint density at radius 1 is 1.00 bits per heavy atom. The molecule has 0 atom stereocenters. The minimum Gasteiger partial charge on any atom is -0.444 e. The SMILES string of the molecule is CC(C)(C)OC(=O)N1CCN(c2nc(-c3ccncc3)cc3cnccc23)CC1. The number of ether oxygens (including phenoxy) is 1. The predicted octanol–water partition coefficient (Wildman–Crippen LogP) is 3.75. The molecule has 0 aliphatic carbocycles. The van der Waals surface area contributed by atoms with E-state index in [0.29, 0.717) is 26.2 Å². The first-order valence-electron chi connectivity index (χ1n) is 9.79. The number of fused-ring (bicyclic) bond motifs is 1. The van der Waals surface area contributed by atoms with E-state index in [1.165, 1.54) is 0 Å². The van der Waals surface area contributed by atoms with Gasteiger partial charge in [-0.1, -0.05) is 0 Å². The molecule has 1 amide bonds. The molecule has 3 aromatic heterocycles. The van der Waals surface area contributed by atoms with E-state index in [-0.39, 0.29) is 6.09 Å². The largest absolute Gasteiger partial charge is 0.444 e. The number of nitrogens with zero attached hydrogens (tertiary/aromatic N) is 5. The standard InChI is InChI=1S/C22H25N5O2/c1-22(2,3)29-21(28)27-12-10-26(11-13-27)20-18-6-9-24-15-17(18)14-19(25-20)16-4-7-23-8-5-16/h4-9,14-15H,10-13H2,1-3H3. The number of carbonyl (C=O) groups excluding carboxylic acids is 1. The van der Waals surface area contributed by atoms with E-state index in [1.807, 2.05) is 45.2 Å². The van der Waals surface area contributed by atoms with E-state index in [0.717, 1.165) is 27.8 Å². The van der Waals surface area contributed by atoms with Crippen molar-refractivity contribution in [2.75, 3.05) is 31.1 Å². The molecule has 1 fully saturated rings. The summed E-state index contributed by atoms with van der Waals surface area (Å²) in [7, 11) is 0. The topological polar surface area (TPSA) is 71.5 Å². The number of amides is 1. The Bertz CT molecular complexity index is 1010. The van der Waals surface area contributed by atoms with Crippen LogP contribution < -0.4 is 4.90 Å². The van der Waals surface area contributed by atoms with Crippen molar-refractivity contribution in [2.45, 2.75) is 26.4 Å². The molecule has 1 saturated heterocycles. The molecule has 0 unspecified atom stereocenters. The zero-order valence-corrected chi connectivity index (χ0v) is 17.0. The molecule has 1 aliphatic heterocycles. The molecule has 0 saturated carbocycles. The third-order valence-corrected chi connectivity index (χ3v) is 4.82. The van der Waals surface area contributed by atoms with Gasteiger partial charge in [-0.2, -0.15) is 0 Å². The number of piperazine rings is 1. The van der Waals surface area contributed by atoms with Crippen LogP contribution in [-0.2, 0) is 4.74 Å². The second-order valence-electron chi connectivity index (χ2n) is 8.12. The molecule has 0 spiro atoms. The van der Waals surface area contributed by atoms with Crippen LogP contribution in [-0.4, -0.2) is 57.7 Å². The number of rotatable bonds is 2. The third-order valence-electron chi connectivity index (χ3n) is 4.82. The number of carbonyl (C=O) groups is 1. The Morgan fingerprint density at radius 2 is 1.69 bits per heavy atom. The average molecular weight is 391 g/mol. The van der Waals surface area contributed by atoms with Crippen molar-refractivity contribution in [2.24, 2.45) is 0 Å². The molecular weight excluding hydrogens is 366 g/mol. The average Bonchev–Trinajstić information content (AvgIpc) is 2.72. The zero-order chi connectivity index (χ0) is 20.4. The van der Waals surface area contributed by atoms with Gasteiger partial charge in [-0.3, -0.25) is 9.97 Å². The van der Waals surface area contributed by atoms with E-state index in [2.05, 4.69) is 20.9 Å². The van der Waals surface area contributed by atoms with Gasteiger partial charge in [-0.15, -0.1) is 0 Å². The molecule has 0 aromatic carbocycles. The minimum absolute atomic E-state index is 0.260. The van der Waals surface area contributed by atoms with Crippen molar-refractivity contribution >= 4 is 22.7 Å². The van der Waals surface area contributed by atoms with Crippen molar-refractivity contribution in [1.29, 1.82) is 0 Å². The molecule has 150 valence electrons. The van der Waals surface area contributed by atoms with Gasteiger partial charge in [0.05, 0.1) is 5.69 Å². The maximum Gasteiger partial charge on any atom is 0.410 e. The fraction of sp³-hybridized carbons (Fsp3) is 0.364. The first-order valence-corrected chi connectivity index (χ1v) is 9.79. The number of pyridine rings is 3. The van der Waals surface area contributed by atoms with Crippen molar-refractivity contribution in [3.63, 3.8) is 0 Å². The van der Waals surface area contributed by atoms with E-state index in [1.54, 1.807) is 23.5 Å². The van der Waals surface area contributed by atoms with Crippen molar-refractivity contribution in [3.8, 4) is 11.3 Å². The predicted molar refractivity (Wildman–Crippen MR) is 113 cm³/mol. The normalized spacial score (nSPS) is 14.9. The van der Waals surface area contributed by atoms with E-state index < -0.39 is 5.60 Å². The van der Waals surface area contributed by atoms with Gasteiger partial charge >= 0.3 is 6.09 Å². The second kappa shape index (κ2) is 7.66. The summed E-state index contributed by atoms with van der Waals surface area (Å²) in [6.45, 7) is 8.25. The number of hydrogen-bond acceptors (Lipinski definition) is 6. The summed E-state index contributed by atoms with van der Waals surface area (Å²) < 4.78 is 5.50. The first kappa shape index (κ1) is 19.1. The number of hydrogen-bond donors (Lipinski definition) is 0. The molecule has 3 aromatic rings. The van der Waals surface area contributed by atoms with Crippen LogP contribution in [0.2, 0.25) is 0 Å². The van der Waals surface area contributed by atoms with Crippen LogP contribution in [0.15, 0.2) is 49.1 Å². The van der Waals surface area contributed by atoms with Crippen LogP contribution in [0, 0.1) is 0 Å². The van der Waals surface area contributed by atoms with Crippen LogP contribution in [0.3, 0.4) is 0 Å². The van der Waals surface area contributed by atoms with Gasteiger partial charge in [0.15, 0.2) is 0 Å². The fourth-order valence-electron chi connectivity index (χ4n) is 3.42. The summed E-state index contributed by atoms with van der Waals surface area (Å²) in [5.74, 6) is 0.917. The molecule has 1 aliphatic rings. The zero-order valence-electron chi connectivity index (χ0n) is 17.0. The monoisotopic (exact) mass is 391 g/mol. The van der Waals surface area contributed by atoms with Crippen LogP contribution >= 0.6 is 0 Å². The molecule has 0 bridgehead atoms. The maximum absolute atomic E-state index is 12.4. The lowest BCUT2D eigenvalue weighted by Gasteiger charge is -2.36. The van der Waals surface area contributed by atoms with Crippen molar-refractivity contribution < 1.29 is 9.53 Å². The van der Waals surface area contributed by atoms with E-state index in [9.17, 15) is 4.79 Å². The summed E-state index contributed by atoms with van der Waals surface area (Å²) in [4.78, 5) is 29.7. The fourth-order valence-corrected chi connectivity index (χ4v) is 3.42. The Morgan fingerprint density at radius 3 is 2.38 bits per heavy atom. The summed E-state index contributed by atoms with van der Waals surface area (Å²) >= 11 is 0. The molecule has 4 rings (SSSR count). The van der Waals surface area contributed by atoms with Crippen molar-refractivity contribution in [1.82, 2.24) is 19.9 Å². The molecule has 0 radical (unpaired) electrons. The summed E-state index contributed by atoms with van der Waals surface area (Å²) in [6.07, 6.45) is 6.93. The molecule has 7 nitrogen and oxygen atoms in total. The highest BCUT2D eigenvalue weighted by Crippen LogP contribution is 2.30. The van der Waals surface area contributed by atoms with Crippen LogP contribution in [0.25, 0.3) is 22.0 Å². The van der Waals surface area contributed by atoms with E-state index >= 15 is 0 Å². The highest BCUT2D eigenvalue weighted by Gasteiger charge is 2.27. The highest BCUT2D eigenvalue weighted by atomic mass is 16.6. The van der Waals surface area contributed by atoms with Gasteiger partial charge in [0.25, 0.3) is 0 Å². The van der Waals surface area contributed by atoms with Crippen LogP contribution in [0.5, 0.6) is 0 Å². The van der Waals surface area contributed by atoms with Gasteiger partial charge in [0, 0.05) is 67.3 Å². The van der Waals surface area contributed by atoms with Gasteiger partial charge in [-0.25, -0.2) is 9.78 Å². The van der Waals surface area contributed by atoms with Gasteiger partial charge in [0.2, 0.25) is 0 Å². The lowest BCUT2D eigenvalue weighted by atomic mass is 10.1. The Kier molecular flexibility index (Phi) is 5.05. The van der Waals surface area contributed by atoms with Gasteiger partial charge < -0.3 is 14.5 Å². The quantitative estimate of drug-likeness (QED) is 0.663. The smallest absolute Gasteiger partial charge is 0.410 e. The number of anilines is 1. The maximum atomic E-state index is 12.4. The highest BCUT2D eigenvalue weighted by molar-refractivity contribution is 5.94. The summed E-state index contributed by atoms with van der Waals surface area (Å²) in [6, 6.07) is 7.95. The Labute approximate surface area is 170 Å². The third kappa shape index (κ3) is 4.29. The lowest BCUT2D eigenvalue weighted by molar-refractivity contribution is 0.0240. The lowest BCUT2D eigenvalue weighted by Crippen LogP contribution is -2.50. The minimum atomic E-state index is -0.488.